The first-order valence-corrected chi connectivity index (χ1v) is 5.28. The molecule has 0 aromatic heterocycles. The Hall–Kier alpha value is -1.56. The van der Waals surface area contributed by atoms with Gasteiger partial charge in [-0.25, -0.2) is 13.2 Å². The number of hydrogen-bond acceptors (Lipinski definition) is 2. The van der Waals surface area contributed by atoms with Gasteiger partial charge in [0.25, 0.3) is 0 Å². The Kier molecular flexibility index (Phi) is 4.34. The predicted molar refractivity (Wildman–Crippen MR) is 60.7 cm³/mol. The Morgan fingerprint density at radius 3 is 2.39 bits per heavy atom. The van der Waals surface area contributed by atoms with Gasteiger partial charge in [0.2, 0.25) is 5.91 Å². The fourth-order valence-corrected chi connectivity index (χ4v) is 1.09. The Morgan fingerprint density at radius 1 is 1.22 bits per heavy atom. The van der Waals surface area contributed by atoms with Crippen LogP contribution in [0, 0.1) is 17.5 Å². The summed E-state index contributed by atoms with van der Waals surface area (Å²) in [7, 11) is 0. The summed E-state index contributed by atoms with van der Waals surface area (Å²) in [4.78, 5) is 11.4. The second-order valence-corrected chi connectivity index (χ2v) is 4.67. The Labute approximate surface area is 103 Å². The van der Waals surface area contributed by atoms with Gasteiger partial charge >= 0.3 is 0 Å². The SMILES string of the molecule is CC(C)(C)OCC(=O)Nc1ccc(F)c(F)c1F. The monoisotopic (exact) mass is 261 g/mol. The van der Waals surface area contributed by atoms with E-state index in [-0.39, 0.29) is 6.61 Å². The quantitative estimate of drug-likeness (QED) is 0.850. The zero-order valence-electron chi connectivity index (χ0n) is 10.3. The van der Waals surface area contributed by atoms with Crippen LogP contribution < -0.4 is 5.32 Å². The molecule has 6 heteroatoms. The van der Waals surface area contributed by atoms with Gasteiger partial charge in [0.15, 0.2) is 17.5 Å². The summed E-state index contributed by atoms with van der Waals surface area (Å²) in [5.41, 5.74) is -0.944. The van der Waals surface area contributed by atoms with E-state index in [1.165, 1.54) is 0 Å². The summed E-state index contributed by atoms with van der Waals surface area (Å²) in [6, 6.07) is 1.68. The molecule has 0 atom stereocenters. The van der Waals surface area contributed by atoms with Crippen LogP contribution in [0.4, 0.5) is 18.9 Å². The van der Waals surface area contributed by atoms with Gasteiger partial charge in [0, 0.05) is 0 Å². The van der Waals surface area contributed by atoms with E-state index < -0.39 is 34.6 Å². The normalized spacial score (nSPS) is 11.4. The third-order valence-electron chi connectivity index (χ3n) is 1.95. The lowest BCUT2D eigenvalue weighted by Crippen LogP contribution is -2.27. The van der Waals surface area contributed by atoms with E-state index in [1.54, 1.807) is 20.8 Å². The lowest BCUT2D eigenvalue weighted by atomic mass is 10.2. The molecule has 1 amide bonds. The van der Waals surface area contributed by atoms with Gasteiger partial charge in [-0.15, -0.1) is 0 Å². The first kappa shape index (κ1) is 14.5. The van der Waals surface area contributed by atoms with Crippen molar-refractivity contribution >= 4 is 11.6 Å². The van der Waals surface area contributed by atoms with E-state index in [4.69, 9.17) is 4.74 Å². The summed E-state index contributed by atoms with van der Waals surface area (Å²) in [6.07, 6.45) is 0. The molecule has 0 saturated carbocycles. The fraction of sp³-hybridized carbons (Fsp3) is 0.417. The first-order valence-electron chi connectivity index (χ1n) is 5.28. The van der Waals surface area contributed by atoms with Gasteiger partial charge in [-0.1, -0.05) is 0 Å². The fourth-order valence-electron chi connectivity index (χ4n) is 1.09. The number of halogens is 3. The smallest absolute Gasteiger partial charge is 0.250 e. The van der Waals surface area contributed by atoms with Crippen molar-refractivity contribution in [1.82, 2.24) is 0 Å². The Bertz CT molecular complexity index is 455. The lowest BCUT2D eigenvalue weighted by Gasteiger charge is -2.19. The van der Waals surface area contributed by atoms with Crippen molar-refractivity contribution in [1.29, 1.82) is 0 Å². The number of carbonyl (C=O) groups is 1. The molecular formula is C12H14F3NO2. The average Bonchev–Trinajstić information content (AvgIpc) is 2.26. The van der Waals surface area contributed by atoms with Gasteiger partial charge in [0.1, 0.15) is 6.61 Å². The van der Waals surface area contributed by atoms with E-state index in [2.05, 4.69) is 5.32 Å². The van der Waals surface area contributed by atoms with E-state index in [9.17, 15) is 18.0 Å². The molecule has 0 aliphatic rings. The molecule has 0 aliphatic heterocycles. The molecule has 1 aromatic carbocycles. The maximum absolute atomic E-state index is 13.2. The molecular weight excluding hydrogens is 247 g/mol. The van der Waals surface area contributed by atoms with E-state index in [0.29, 0.717) is 0 Å². The van der Waals surface area contributed by atoms with E-state index in [1.807, 2.05) is 0 Å². The van der Waals surface area contributed by atoms with Crippen LogP contribution in [-0.2, 0) is 9.53 Å². The summed E-state index contributed by atoms with van der Waals surface area (Å²) < 4.78 is 43.9. The number of amides is 1. The molecule has 0 radical (unpaired) electrons. The number of ether oxygens (including phenoxy) is 1. The Balaban J connectivity index is 2.68. The maximum atomic E-state index is 13.2. The number of nitrogens with one attached hydrogen (secondary N) is 1. The minimum absolute atomic E-state index is 0.304. The largest absolute Gasteiger partial charge is 0.366 e. The van der Waals surface area contributed by atoms with Crippen molar-refractivity contribution < 1.29 is 22.7 Å². The standard InChI is InChI=1S/C12H14F3NO2/c1-12(2,3)18-6-9(17)16-8-5-4-7(13)10(14)11(8)15/h4-5H,6H2,1-3H3,(H,16,17). The molecule has 0 fully saturated rings. The summed E-state index contributed by atoms with van der Waals surface area (Å²) in [5.74, 6) is -5.00. The molecule has 1 aromatic rings. The van der Waals surface area contributed by atoms with Crippen molar-refractivity contribution in [2.75, 3.05) is 11.9 Å². The minimum atomic E-state index is -1.62. The third kappa shape index (κ3) is 4.03. The highest BCUT2D eigenvalue weighted by Crippen LogP contribution is 2.19. The second kappa shape index (κ2) is 5.39. The summed E-state index contributed by atoms with van der Waals surface area (Å²) >= 11 is 0. The molecule has 1 rings (SSSR count). The first-order chi connectivity index (χ1) is 8.20. The second-order valence-electron chi connectivity index (χ2n) is 4.67. The highest BCUT2D eigenvalue weighted by atomic mass is 19.2. The zero-order valence-corrected chi connectivity index (χ0v) is 10.3. The summed E-state index contributed by atoms with van der Waals surface area (Å²) in [5, 5.41) is 2.11. The van der Waals surface area contributed by atoms with Gasteiger partial charge in [-0.05, 0) is 32.9 Å². The lowest BCUT2D eigenvalue weighted by molar-refractivity contribution is -0.125. The minimum Gasteiger partial charge on any atom is -0.366 e. The van der Waals surface area contributed by atoms with Crippen LogP contribution in [0.25, 0.3) is 0 Å². The average molecular weight is 261 g/mol. The molecule has 3 nitrogen and oxygen atoms in total. The van der Waals surface area contributed by atoms with Crippen LogP contribution in [-0.4, -0.2) is 18.1 Å². The number of hydrogen-bond donors (Lipinski definition) is 1. The van der Waals surface area contributed by atoms with Crippen molar-refractivity contribution in [2.24, 2.45) is 0 Å². The van der Waals surface area contributed by atoms with Crippen LogP contribution in [0.15, 0.2) is 12.1 Å². The van der Waals surface area contributed by atoms with Gasteiger partial charge in [-0.3, -0.25) is 4.79 Å². The topological polar surface area (TPSA) is 38.3 Å². The Morgan fingerprint density at radius 2 is 1.83 bits per heavy atom. The van der Waals surface area contributed by atoms with Crippen molar-refractivity contribution in [3.63, 3.8) is 0 Å². The van der Waals surface area contributed by atoms with Gasteiger partial charge in [-0.2, -0.15) is 0 Å². The number of benzene rings is 1. The highest BCUT2D eigenvalue weighted by Gasteiger charge is 2.17. The van der Waals surface area contributed by atoms with Crippen molar-refractivity contribution in [3.05, 3.63) is 29.6 Å². The van der Waals surface area contributed by atoms with Gasteiger partial charge in [0.05, 0.1) is 11.3 Å². The van der Waals surface area contributed by atoms with Crippen LogP contribution >= 0.6 is 0 Å². The van der Waals surface area contributed by atoms with Crippen molar-refractivity contribution in [2.45, 2.75) is 26.4 Å². The molecule has 18 heavy (non-hydrogen) atoms. The van der Waals surface area contributed by atoms with E-state index in [0.717, 1.165) is 12.1 Å². The van der Waals surface area contributed by atoms with E-state index >= 15 is 0 Å². The number of carbonyl (C=O) groups excluding carboxylic acids is 1. The predicted octanol–water partition coefficient (Wildman–Crippen LogP) is 2.86. The van der Waals surface area contributed by atoms with Crippen LogP contribution in [0.1, 0.15) is 20.8 Å². The van der Waals surface area contributed by atoms with Gasteiger partial charge < -0.3 is 10.1 Å². The van der Waals surface area contributed by atoms with Crippen LogP contribution in [0.3, 0.4) is 0 Å². The maximum Gasteiger partial charge on any atom is 0.250 e. The number of rotatable bonds is 3. The highest BCUT2D eigenvalue weighted by molar-refractivity contribution is 5.91. The third-order valence-corrected chi connectivity index (χ3v) is 1.95. The van der Waals surface area contributed by atoms with Crippen molar-refractivity contribution in [3.8, 4) is 0 Å². The summed E-state index contributed by atoms with van der Waals surface area (Å²) in [6.45, 7) is 4.94. The van der Waals surface area contributed by atoms with Crippen LogP contribution in [0.2, 0.25) is 0 Å². The molecule has 0 bridgehead atoms. The molecule has 0 spiro atoms. The van der Waals surface area contributed by atoms with Crippen LogP contribution in [0.5, 0.6) is 0 Å². The molecule has 0 heterocycles. The number of anilines is 1. The molecule has 100 valence electrons. The molecule has 0 unspecified atom stereocenters. The molecule has 0 saturated heterocycles. The zero-order chi connectivity index (χ0) is 13.9. The molecule has 1 N–H and O–H groups in total. The molecule has 0 aliphatic carbocycles.